The summed E-state index contributed by atoms with van der Waals surface area (Å²) in [4.78, 5) is 22.7. The van der Waals surface area contributed by atoms with Gasteiger partial charge in [-0.25, -0.2) is 17.9 Å². The number of sulfonamides is 1. The Morgan fingerprint density at radius 3 is 2.14 bits per heavy atom. The van der Waals surface area contributed by atoms with Gasteiger partial charge in [0.25, 0.3) is 0 Å². The van der Waals surface area contributed by atoms with Gasteiger partial charge in [-0.2, -0.15) is 0 Å². The molecule has 10 heteroatoms. The molecule has 0 spiro atoms. The highest BCUT2D eigenvalue weighted by atomic mass is 127. The summed E-state index contributed by atoms with van der Waals surface area (Å²) >= 11 is 6.15. The normalized spacial score (nSPS) is 10.3. The van der Waals surface area contributed by atoms with Gasteiger partial charge < -0.3 is 4.74 Å². The number of hydrogen-bond acceptors (Lipinski definition) is 5. The number of nitrogens with one attached hydrogen (secondary N) is 1. The minimum Gasteiger partial charge on any atom is -0.415 e. The van der Waals surface area contributed by atoms with Crippen LogP contribution in [0.4, 0.5) is 0 Å². The Hall–Kier alpha value is -0.140. The summed E-state index contributed by atoms with van der Waals surface area (Å²) in [5, 5.41) is 0. The van der Waals surface area contributed by atoms with Gasteiger partial charge in [0.1, 0.15) is 0 Å². The standard InChI is InChI=1S/C11H6I3NO5S/c1-21(18,19)15-9(16)2-3-10(17)20-11-7(13)4-6(12)5-8(11)14/h4-5H,1H3,(H,15,16). The fraction of sp³-hybridized carbons (Fsp3) is 0.0909. The van der Waals surface area contributed by atoms with Gasteiger partial charge in [-0.3, -0.25) is 4.79 Å². The monoisotopic (exact) mass is 645 g/mol. The Morgan fingerprint density at radius 1 is 1.14 bits per heavy atom. The molecule has 112 valence electrons. The van der Waals surface area contributed by atoms with Crippen molar-refractivity contribution < 1.29 is 22.7 Å². The van der Waals surface area contributed by atoms with Crippen LogP contribution in [0.1, 0.15) is 0 Å². The van der Waals surface area contributed by atoms with E-state index in [2.05, 4.69) is 22.6 Å². The summed E-state index contributed by atoms with van der Waals surface area (Å²) in [6.07, 6.45) is 0.807. The van der Waals surface area contributed by atoms with Crippen molar-refractivity contribution in [2.45, 2.75) is 0 Å². The lowest BCUT2D eigenvalue weighted by Crippen LogP contribution is -2.28. The third-order valence-electron chi connectivity index (χ3n) is 1.71. The van der Waals surface area contributed by atoms with Crippen molar-refractivity contribution in [1.82, 2.24) is 4.72 Å². The minimum absolute atomic E-state index is 0.347. The highest BCUT2D eigenvalue weighted by Gasteiger charge is 2.12. The van der Waals surface area contributed by atoms with Crippen molar-refractivity contribution >= 4 is 89.7 Å². The molecule has 0 atom stereocenters. The maximum atomic E-state index is 11.5. The zero-order chi connectivity index (χ0) is 16.2. The summed E-state index contributed by atoms with van der Waals surface area (Å²) in [6.45, 7) is 0. The first-order chi connectivity index (χ1) is 9.58. The summed E-state index contributed by atoms with van der Waals surface area (Å²) in [5.41, 5.74) is 0. The SMILES string of the molecule is CS(=O)(=O)NC(=O)C#CC(=O)Oc1c(I)cc(I)cc1I. The molecule has 21 heavy (non-hydrogen) atoms. The predicted octanol–water partition coefficient (Wildman–Crippen LogP) is 1.49. The second-order valence-corrected chi connectivity index (χ2v) is 8.86. The molecule has 0 bridgehead atoms. The second kappa shape index (κ2) is 7.92. The molecule has 6 nitrogen and oxygen atoms in total. The smallest absolute Gasteiger partial charge is 0.390 e. The Morgan fingerprint density at radius 2 is 1.67 bits per heavy atom. The number of ether oxygens (including phenoxy) is 1. The van der Waals surface area contributed by atoms with Gasteiger partial charge in [-0.15, -0.1) is 0 Å². The van der Waals surface area contributed by atoms with Crippen LogP contribution in [0.15, 0.2) is 12.1 Å². The van der Waals surface area contributed by atoms with Gasteiger partial charge in [-0.1, -0.05) is 0 Å². The molecular formula is C11H6I3NO5S. The number of amides is 1. The van der Waals surface area contributed by atoms with Crippen molar-refractivity contribution in [2.24, 2.45) is 0 Å². The third-order valence-corrected chi connectivity index (χ3v) is 4.50. The number of halogens is 3. The summed E-state index contributed by atoms with van der Waals surface area (Å²) < 4.78 is 30.7. The number of carbonyl (C=O) groups excluding carboxylic acids is 2. The van der Waals surface area contributed by atoms with Crippen LogP contribution in [-0.4, -0.2) is 26.6 Å². The Bertz CT molecular complexity index is 741. The van der Waals surface area contributed by atoms with E-state index in [1.807, 2.05) is 69.2 Å². The van der Waals surface area contributed by atoms with Crippen LogP contribution < -0.4 is 9.46 Å². The first-order valence-corrected chi connectivity index (χ1v) is 10.1. The highest BCUT2D eigenvalue weighted by Crippen LogP contribution is 2.29. The van der Waals surface area contributed by atoms with E-state index in [1.165, 1.54) is 0 Å². The average molecular weight is 645 g/mol. The lowest BCUT2D eigenvalue weighted by atomic mass is 10.3. The van der Waals surface area contributed by atoms with Crippen molar-refractivity contribution in [2.75, 3.05) is 6.26 Å². The van der Waals surface area contributed by atoms with Gasteiger partial charge >= 0.3 is 11.9 Å². The number of carbonyl (C=O) groups is 2. The van der Waals surface area contributed by atoms with E-state index in [0.717, 1.165) is 17.0 Å². The molecule has 1 aromatic carbocycles. The van der Waals surface area contributed by atoms with Crippen molar-refractivity contribution in [3.8, 4) is 17.6 Å². The molecule has 0 heterocycles. The molecule has 0 aliphatic heterocycles. The lowest BCUT2D eigenvalue weighted by Gasteiger charge is -2.06. The summed E-state index contributed by atoms with van der Waals surface area (Å²) in [6, 6.07) is 3.63. The van der Waals surface area contributed by atoms with Crippen LogP contribution in [0.25, 0.3) is 0 Å². The molecule has 0 saturated carbocycles. The van der Waals surface area contributed by atoms with E-state index in [0.29, 0.717) is 5.75 Å². The fourth-order valence-electron chi connectivity index (χ4n) is 1.05. The molecule has 0 radical (unpaired) electrons. The first-order valence-electron chi connectivity index (χ1n) is 4.98. The predicted molar refractivity (Wildman–Crippen MR) is 101 cm³/mol. The molecule has 1 amide bonds. The van der Waals surface area contributed by atoms with E-state index < -0.39 is 21.9 Å². The fourth-order valence-corrected chi connectivity index (χ4v) is 5.24. The van der Waals surface area contributed by atoms with E-state index in [-0.39, 0.29) is 0 Å². The number of esters is 1. The van der Waals surface area contributed by atoms with Crippen molar-refractivity contribution in [1.29, 1.82) is 0 Å². The quantitative estimate of drug-likeness (QED) is 0.173. The van der Waals surface area contributed by atoms with Crippen LogP contribution in [-0.2, 0) is 19.6 Å². The maximum Gasteiger partial charge on any atom is 0.390 e. The van der Waals surface area contributed by atoms with Crippen LogP contribution in [0.5, 0.6) is 5.75 Å². The number of rotatable bonds is 2. The number of hydrogen-bond donors (Lipinski definition) is 1. The molecule has 0 fully saturated rings. The van der Waals surface area contributed by atoms with E-state index in [1.54, 1.807) is 4.72 Å². The Kier molecular flexibility index (Phi) is 7.13. The van der Waals surface area contributed by atoms with Crippen molar-refractivity contribution in [3.05, 3.63) is 22.8 Å². The molecule has 0 unspecified atom stereocenters. The summed E-state index contributed by atoms with van der Waals surface area (Å²) in [7, 11) is -3.71. The highest BCUT2D eigenvalue weighted by molar-refractivity contribution is 14.1. The van der Waals surface area contributed by atoms with Crippen molar-refractivity contribution in [3.63, 3.8) is 0 Å². The molecule has 0 aliphatic carbocycles. The molecule has 1 aromatic rings. The minimum atomic E-state index is -3.71. The molecule has 0 aromatic heterocycles. The maximum absolute atomic E-state index is 11.5. The van der Waals surface area contributed by atoms with Gasteiger partial charge in [0.2, 0.25) is 10.0 Å². The van der Waals surface area contributed by atoms with Gasteiger partial charge in [0.05, 0.1) is 13.4 Å². The largest absolute Gasteiger partial charge is 0.415 e. The van der Waals surface area contributed by atoms with Crippen LogP contribution in [0.3, 0.4) is 0 Å². The van der Waals surface area contributed by atoms with Gasteiger partial charge in [0, 0.05) is 15.4 Å². The van der Waals surface area contributed by atoms with E-state index in [9.17, 15) is 18.0 Å². The molecule has 0 saturated heterocycles. The summed E-state index contributed by atoms with van der Waals surface area (Å²) in [5.74, 6) is 2.08. The third kappa shape index (κ3) is 7.10. The Labute approximate surface area is 162 Å². The lowest BCUT2D eigenvalue weighted by molar-refractivity contribution is -0.128. The Balaban J connectivity index is 2.83. The van der Waals surface area contributed by atoms with Gasteiger partial charge in [0.15, 0.2) is 5.75 Å². The van der Waals surface area contributed by atoms with Gasteiger partial charge in [-0.05, 0) is 79.9 Å². The second-order valence-electron chi connectivity index (χ2n) is 3.54. The van der Waals surface area contributed by atoms with Crippen LogP contribution in [0.2, 0.25) is 0 Å². The van der Waals surface area contributed by atoms with E-state index >= 15 is 0 Å². The van der Waals surface area contributed by atoms with Crippen LogP contribution >= 0.6 is 67.8 Å². The first kappa shape index (κ1) is 18.9. The molecule has 1 rings (SSSR count). The zero-order valence-electron chi connectivity index (χ0n) is 10.2. The number of benzene rings is 1. The molecular weight excluding hydrogens is 639 g/mol. The molecule has 1 N–H and O–H groups in total. The average Bonchev–Trinajstić information content (AvgIpc) is 2.29. The topological polar surface area (TPSA) is 89.5 Å². The molecule has 0 aliphatic rings. The van der Waals surface area contributed by atoms with E-state index in [4.69, 9.17) is 4.74 Å². The zero-order valence-corrected chi connectivity index (χ0v) is 17.5. The van der Waals surface area contributed by atoms with Crippen LogP contribution in [0, 0.1) is 22.6 Å².